The number of anilines is 1. The zero-order valence-corrected chi connectivity index (χ0v) is 14.0. The molecule has 12 heteroatoms. The highest BCUT2D eigenvalue weighted by Crippen LogP contribution is 2.29. The van der Waals surface area contributed by atoms with Gasteiger partial charge in [0, 0.05) is 18.0 Å². The maximum Gasteiger partial charge on any atom is 0.573 e. The topological polar surface area (TPSA) is 81.8 Å². The summed E-state index contributed by atoms with van der Waals surface area (Å²) in [6.07, 6.45) is -8.61. The van der Waals surface area contributed by atoms with Crippen molar-refractivity contribution in [3.63, 3.8) is 0 Å². The summed E-state index contributed by atoms with van der Waals surface area (Å²) in [6.45, 7) is 0.0654. The molecule has 0 saturated heterocycles. The summed E-state index contributed by atoms with van der Waals surface area (Å²) in [5.41, 5.74) is 5.11. The van der Waals surface area contributed by atoms with E-state index in [0.717, 1.165) is 24.3 Å². The third kappa shape index (κ3) is 7.21. The molecule has 0 fully saturated rings. The van der Waals surface area contributed by atoms with Crippen molar-refractivity contribution in [2.24, 2.45) is 10.7 Å². The number of hydrogen-bond acceptors (Lipinski definition) is 4. The highest BCUT2D eigenvalue weighted by molar-refractivity contribution is 5.92. The van der Waals surface area contributed by atoms with Gasteiger partial charge in [-0.2, -0.15) is 13.2 Å². The van der Waals surface area contributed by atoms with Crippen molar-refractivity contribution < 1.29 is 35.8 Å². The van der Waals surface area contributed by atoms with Crippen molar-refractivity contribution in [2.75, 3.05) is 18.5 Å². The van der Waals surface area contributed by atoms with Crippen molar-refractivity contribution in [1.29, 1.82) is 0 Å². The molecule has 6 nitrogen and oxygen atoms in total. The molecule has 1 heterocycles. The predicted octanol–water partition coefficient (Wildman–Crippen LogP) is 3.80. The summed E-state index contributed by atoms with van der Waals surface area (Å²) in [4.78, 5) is 7.45. The smallest absolute Gasteiger partial charge is 0.476 e. The van der Waals surface area contributed by atoms with Crippen LogP contribution in [0.5, 0.6) is 11.6 Å². The van der Waals surface area contributed by atoms with Gasteiger partial charge in [-0.05, 0) is 30.3 Å². The number of aliphatic imine (C=N–C) groups is 1. The van der Waals surface area contributed by atoms with Crippen LogP contribution in [0, 0.1) is 0 Å². The third-order valence-corrected chi connectivity index (χ3v) is 3.05. The number of pyridine rings is 1. The number of nitrogens with one attached hydrogen (secondary N) is 1. The van der Waals surface area contributed by atoms with E-state index in [-0.39, 0.29) is 30.7 Å². The van der Waals surface area contributed by atoms with Crippen molar-refractivity contribution in [3.05, 3.63) is 48.2 Å². The third-order valence-electron chi connectivity index (χ3n) is 3.05. The highest BCUT2D eigenvalue weighted by Gasteiger charge is 2.31. The minimum absolute atomic E-state index is 0.000888. The van der Waals surface area contributed by atoms with E-state index in [4.69, 9.17) is 10.5 Å². The van der Waals surface area contributed by atoms with Gasteiger partial charge in [0.25, 0.3) is 0 Å². The fourth-order valence-electron chi connectivity index (χ4n) is 1.88. The lowest BCUT2D eigenvalue weighted by molar-refractivity contribution is -0.274. The van der Waals surface area contributed by atoms with Crippen LogP contribution in [-0.4, -0.2) is 30.5 Å². The molecule has 152 valence electrons. The van der Waals surface area contributed by atoms with Gasteiger partial charge < -0.3 is 20.5 Å². The molecule has 1 aromatic heterocycles. The molecule has 0 amide bonds. The van der Waals surface area contributed by atoms with Gasteiger partial charge in [0.05, 0.1) is 12.1 Å². The number of rotatable bonds is 6. The number of nitrogens with zero attached hydrogens (tertiary/aromatic N) is 2. The first-order valence-electron chi connectivity index (χ1n) is 7.62. The van der Waals surface area contributed by atoms with Gasteiger partial charge in [0.2, 0.25) is 5.88 Å². The molecule has 28 heavy (non-hydrogen) atoms. The van der Waals surface area contributed by atoms with Crippen LogP contribution in [0.25, 0.3) is 0 Å². The van der Waals surface area contributed by atoms with Crippen molar-refractivity contribution in [1.82, 2.24) is 4.98 Å². The molecular formula is C16H14F6N4O2. The van der Waals surface area contributed by atoms with Gasteiger partial charge in [0.15, 0.2) is 5.96 Å². The van der Waals surface area contributed by atoms with E-state index in [9.17, 15) is 26.3 Å². The van der Waals surface area contributed by atoms with Crippen LogP contribution in [0.2, 0.25) is 0 Å². The van der Waals surface area contributed by atoms with Crippen LogP contribution in [-0.2, 0) is 6.18 Å². The average molecular weight is 408 g/mol. The molecule has 1 aromatic carbocycles. The standard InChI is InChI=1S/C16H14F6N4O2/c17-15(18,19)10-1-6-13(25-9-10)27-8-7-24-14(23)26-11-2-4-12(5-3-11)28-16(20,21)22/h1-6,9H,7-8H2,(H3,23,24,26). The Bertz CT molecular complexity index is 789. The van der Waals surface area contributed by atoms with Gasteiger partial charge in [-0.1, -0.05) is 0 Å². The molecule has 0 unspecified atom stereocenters. The molecule has 0 aliphatic carbocycles. The SMILES string of the molecule is NC(=NCCOc1ccc(C(F)(F)F)cn1)Nc1ccc(OC(F)(F)F)cc1. The number of guanidine groups is 1. The summed E-state index contributed by atoms with van der Waals surface area (Å²) in [5.74, 6) is -0.422. The molecular weight excluding hydrogens is 394 g/mol. The fourth-order valence-corrected chi connectivity index (χ4v) is 1.88. The van der Waals surface area contributed by atoms with Crippen LogP contribution in [0.4, 0.5) is 32.0 Å². The predicted molar refractivity (Wildman–Crippen MR) is 88.0 cm³/mol. The monoisotopic (exact) mass is 408 g/mol. The maximum atomic E-state index is 12.4. The van der Waals surface area contributed by atoms with Crippen LogP contribution in [0.1, 0.15) is 5.56 Å². The van der Waals surface area contributed by atoms with E-state index in [1.54, 1.807) is 0 Å². The molecule has 0 bridgehead atoms. The minimum atomic E-state index is -4.78. The number of alkyl halides is 6. The molecule has 2 aromatic rings. The van der Waals surface area contributed by atoms with Crippen LogP contribution in [0.15, 0.2) is 47.6 Å². The normalized spacial score (nSPS) is 12.6. The number of aromatic nitrogens is 1. The van der Waals surface area contributed by atoms with Gasteiger partial charge in [-0.25, -0.2) is 9.98 Å². The second kappa shape index (κ2) is 8.67. The maximum absolute atomic E-state index is 12.4. The summed E-state index contributed by atoms with van der Waals surface area (Å²) in [6, 6.07) is 6.75. The quantitative estimate of drug-likeness (QED) is 0.329. The Balaban J connectivity index is 1.78. The lowest BCUT2D eigenvalue weighted by atomic mass is 10.3. The van der Waals surface area contributed by atoms with E-state index in [0.29, 0.717) is 11.9 Å². The average Bonchev–Trinajstić information content (AvgIpc) is 2.59. The molecule has 0 radical (unpaired) electrons. The van der Waals surface area contributed by atoms with E-state index in [1.807, 2.05) is 0 Å². The summed E-state index contributed by atoms with van der Waals surface area (Å²) in [7, 11) is 0. The second-order valence-corrected chi connectivity index (χ2v) is 5.20. The molecule has 0 atom stereocenters. The Morgan fingerprint density at radius 1 is 1.04 bits per heavy atom. The fraction of sp³-hybridized carbons (Fsp3) is 0.250. The number of benzene rings is 1. The van der Waals surface area contributed by atoms with Crippen molar-refractivity contribution in [2.45, 2.75) is 12.5 Å². The second-order valence-electron chi connectivity index (χ2n) is 5.20. The Morgan fingerprint density at radius 3 is 2.25 bits per heavy atom. The van der Waals surface area contributed by atoms with Gasteiger partial charge in [0.1, 0.15) is 12.4 Å². The number of nitrogens with two attached hydrogens (primary N) is 1. The largest absolute Gasteiger partial charge is 0.573 e. The van der Waals surface area contributed by atoms with Crippen molar-refractivity contribution in [3.8, 4) is 11.6 Å². The Labute approximate surface area is 155 Å². The number of halogens is 6. The zero-order chi connectivity index (χ0) is 20.8. The van der Waals surface area contributed by atoms with Crippen LogP contribution >= 0.6 is 0 Å². The van der Waals surface area contributed by atoms with E-state index in [2.05, 4.69) is 20.0 Å². The Hall–Kier alpha value is -3.18. The lowest BCUT2D eigenvalue weighted by Crippen LogP contribution is -2.23. The Morgan fingerprint density at radius 2 is 1.71 bits per heavy atom. The van der Waals surface area contributed by atoms with Gasteiger partial charge >= 0.3 is 12.5 Å². The molecule has 0 aliphatic rings. The minimum Gasteiger partial charge on any atom is -0.476 e. The first-order valence-corrected chi connectivity index (χ1v) is 7.62. The summed E-state index contributed by atoms with van der Waals surface area (Å²) >= 11 is 0. The van der Waals surface area contributed by atoms with E-state index in [1.165, 1.54) is 12.1 Å². The van der Waals surface area contributed by atoms with Gasteiger partial charge in [-0.15, -0.1) is 13.2 Å². The van der Waals surface area contributed by atoms with Gasteiger partial charge in [-0.3, -0.25) is 0 Å². The molecule has 0 spiro atoms. The summed E-state index contributed by atoms with van der Waals surface area (Å²) < 4.78 is 82.3. The van der Waals surface area contributed by atoms with E-state index < -0.39 is 18.1 Å². The number of ether oxygens (including phenoxy) is 2. The first-order chi connectivity index (χ1) is 13.0. The molecule has 0 aliphatic heterocycles. The lowest BCUT2D eigenvalue weighted by Gasteiger charge is -2.10. The van der Waals surface area contributed by atoms with E-state index >= 15 is 0 Å². The van der Waals surface area contributed by atoms with Crippen LogP contribution < -0.4 is 20.5 Å². The van der Waals surface area contributed by atoms with Crippen molar-refractivity contribution >= 4 is 11.6 Å². The number of hydrogen-bond donors (Lipinski definition) is 2. The molecule has 0 saturated carbocycles. The molecule has 3 N–H and O–H groups in total. The summed E-state index contributed by atoms with van der Waals surface area (Å²) in [5, 5.41) is 2.65. The highest BCUT2D eigenvalue weighted by atomic mass is 19.4. The Kier molecular flexibility index (Phi) is 6.54. The van der Waals surface area contributed by atoms with Crippen LogP contribution in [0.3, 0.4) is 0 Å². The molecule has 2 rings (SSSR count). The first kappa shape index (κ1) is 21.1. The zero-order valence-electron chi connectivity index (χ0n) is 14.0.